The van der Waals surface area contributed by atoms with Gasteiger partial charge in [0.15, 0.2) is 0 Å². The largest absolute Gasteiger partial charge is 0.326 e. The van der Waals surface area contributed by atoms with E-state index < -0.39 is 0 Å². The van der Waals surface area contributed by atoms with E-state index in [-0.39, 0.29) is 12.4 Å². The van der Waals surface area contributed by atoms with Gasteiger partial charge in [0, 0.05) is 36.9 Å². The lowest BCUT2D eigenvalue weighted by Gasteiger charge is -1.99. The van der Waals surface area contributed by atoms with Gasteiger partial charge in [0.1, 0.15) is 6.33 Å². The first-order chi connectivity index (χ1) is 6.40. The zero-order valence-electron chi connectivity index (χ0n) is 7.37. The van der Waals surface area contributed by atoms with Gasteiger partial charge < -0.3 is 5.73 Å². The van der Waals surface area contributed by atoms with Gasteiger partial charge in [-0.3, -0.25) is 4.57 Å². The highest BCUT2D eigenvalue weighted by Crippen LogP contribution is 1.99. The predicted octanol–water partition coefficient (Wildman–Crippen LogP) is 0.543. The molecule has 0 amide bonds. The van der Waals surface area contributed by atoms with Crippen molar-refractivity contribution in [2.45, 2.75) is 6.54 Å². The van der Waals surface area contributed by atoms with E-state index in [9.17, 15) is 0 Å². The molecule has 0 fully saturated rings. The van der Waals surface area contributed by atoms with E-state index in [0.29, 0.717) is 12.5 Å². The summed E-state index contributed by atoms with van der Waals surface area (Å²) in [4.78, 5) is 12.1. The molecule has 14 heavy (non-hydrogen) atoms. The molecule has 2 aromatic heterocycles. The highest BCUT2D eigenvalue weighted by atomic mass is 35.5. The third kappa shape index (κ3) is 2.07. The van der Waals surface area contributed by atoms with E-state index in [1.165, 1.54) is 0 Å². The first kappa shape index (κ1) is 10.6. The van der Waals surface area contributed by atoms with Crippen LogP contribution in [0.1, 0.15) is 5.56 Å². The van der Waals surface area contributed by atoms with Crippen molar-refractivity contribution in [1.29, 1.82) is 0 Å². The van der Waals surface area contributed by atoms with Gasteiger partial charge in [-0.1, -0.05) is 0 Å². The fourth-order valence-electron chi connectivity index (χ4n) is 0.964. The summed E-state index contributed by atoms with van der Waals surface area (Å²) in [6.07, 6.45) is 8.54. The van der Waals surface area contributed by atoms with Gasteiger partial charge in [0.25, 0.3) is 0 Å². The van der Waals surface area contributed by atoms with Crippen molar-refractivity contribution in [3.63, 3.8) is 0 Å². The number of hydrogen-bond donors (Lipinski definition) is 1. The molecule has 0 radical (unpaired) electrons. The Labute approximate surface area is 87.4 Å². The van der Waals surface area contributed by atoms with Crippen molar-refractivity contribution in [2.24, 2.45) is 5.73 Å². The van der Waals surface area contributed by atoms with Crippen LogP contribution in [0.25, 0.3) is 5.95 Å². The molecule has 0 atom stereocenters. The zero-order chi connectivity index (χ0) is 9.10. The summed E-state index contributed by atoms with van der Waals surface area (Å²) in [5.41, 5.74) is 6.34. The smallest absolute Gasteiger partial charge is 0.234 e. The van der Waals surface area contributed by atoms with Crippen LogP contribution in [0.2, 0.25) is 0 Å². The summed E-state index contributed by atoms with van der Waals surface area (Å²) in [5.74, 6) is 0.606. The van der Waals surface area contributed by atoms with Crippen molar-refractivity contribution >= 4 is 12.4 Å². The van der Waals surface area contributed by atoms with Crippen molar-refractivity contribution in [1.82, 2.24) is 19.5 Å². The summed E-state index contributed by atoms with van der Waals surface area (Å²) >= 11 is 0. The molecule has 0 bridgehead atoms. The van der Waals surface area contributed by atoms with Gasteiger partial charge >= 0.3 is 0 Å². The molecule has 0 saturated heterocycles. The second-order valence-corrected chi connectivity index (χ2v) is 2.57. The van der Waals surface area contributed by atoms with Crippen molar-refractivity contribution < 1.29 is 0 Å². The average molecular weight is 212 g/mol. The summed E-state index contributed by atoms with van der Waals surface area (Å²) in [6, 6.07) is 0. The molecule has 2 aromatic rings. The monoisotopic (exact) mass is 211 g/mol. The fourth-order valence-corrected chi connectivity index (χ4v) is 0.964. The highest BCUT2D eigenvalue weighted by Gasteiger charge is 1.97. The minimum atomic E-state index is 0. The van der Waals surface area contributed by atoms with Crippen molar-refractivity contribution in [2.75, 3.05) is 0 Å². The second-order valence-electron chi connectivity index (χ2n) is 2.57. The number of hydrogen-bond acceptors (Lipinski definition) is 4. The molecule has 0 aliphatic rings. The number of nitrogens with two attached hydrogens (primary N) is 1. The normalized spacial score (nSPS) is 9.50. The van der Waals surface area contributed by atoms with Crippen LogP contribution < -0.4 is 5.73 Å². The second kappa shape index (κ2) is 4.69. The molecule has 0 saturated carbocycles. The average Bonchev–Trinajstić information content (AvgIpc) is 2.71. The SMILES string of the molecule is Cl.NCc1cnc(-n2ccnc2)nc1. The van der Waals surface area contributed by atoms with Crippen LogP contribution >= 0.6 is 12.4 Å². The number of halogens is 1. The van der Waals surface area contributed by atoms with E-state index in [1.807, 2.05) is 0 Å². The maximum Gasteiger partial charge on any atom is 0.234 e. The summed E-state index contributed by atoms with van der Waals surface area (Å²) < 4.78 is 1.74. The first-order valence-corrected chi connectivity index (χ1v) is 3.89. The van der Waals surface area contributed by atoms with E-state index in [0.717, 1.165) is 5.56 Å². The lowest BCUT2D eigenvalue weighted by Crippen LogP contribution is -2.02. The number of nitrogens with zero attached hydrogens (tertiary/aromatic N) is 4. The molecule has 2 heterocycles. The van der Waals surface area contributed by atoms with Gasteiger partial charge in [-0.25, -0.2) is 15.0 Å². The Bertz CT molecular complexity index is 369. The Morgan fingerprint density at radius 3 is 2.50 bits per heavy atom. The Kier molecular flexibility index (Phi) is 3.55. The topological polar surface area (TPSA) is 69.6 Å². The molecule has 5 nitrogen and oxygen atoms in total. The molecule has 0 spiro atoms. The van der Waals surface area contributed by atoms with Crippen LogP contribution in [-0.2, 0) is 6.54 Å². The fraction of sp³-hybridized carbons (Fsp3) is 0.125. The molecule has 6 heteroatoms. The molecular formula is C8H10ClN5. The Balaban J connectivity index is 0.000000980. The third-order valence-corrected chi connectivity index (χ3v) is 1.66. The van der Waals surface area contributed by atoms with Gasteiger partial charge in [0.2, 0.25) is 5.95 Å². The van der Waals surface area contributed by atoms with E-state index in [1.54, 1.807) is 35.7 Å². The highest BCUT2D eigenvalue weighted by molar-refractivity contribution is 5.85. The van der Waals surface area contributed by atoms with Crippen molar-refractivity contribution in [3.8, 4) is 5.95 Å². The quantitative estimate of drug-likeness (QED) is 0.788. The molecule has 0 aliphatic heterocycles. The maximum absolute atomic E-state index is 5.42. The summed E-state index contributed by atoms with van der Waals surface area (Å²) in [5, 5.41) is 0. The molecular weight excluding hydrogens is 202 g/mol. The zero-order valence-corrected chi connectivity index (χ0v) is 8.18. The molecule has 0 aromatic carbocycles. The Morgan fingerprint density at radius 1 is 1.29 bits per heavy atom. The van der Waals surface area contributed by atoms with Crippen LogP contribution in [0.5, 0.6) is 0 Å². The predicted molar refractivity (Wildman–Crippen MR) is 54.3 cm³/mol. The van der Waals surface area contributed by atoms with Gasteiger partial charge in [-0.15, -0.1) is 12.4 Å². The van der Waals surface area contributed by atoms with Gasteiger partial charge in [-0.2, -0.15) is 0 Å². The van der Waals surface area contributed by atoms with Crippen molar-refractivity contribution in [3.05, 3.63) is 36.7 Å². The van der Waals surface area contributed by atoms with Crippen LogP contribution in [0.3, 0.4) is 0 Å². The summed E-state index contributed by atoms with van der Waals surface area (Å²) in [6.45, 7) is 0.463. The van der Waals surface area contributed by atoms with Crippen LogP contribution in [0.15, 0.2) is 31.1 Å². The number of aromatic nitrogens is 4. The molecule has 2 rings (SSSR count). The lowest BCUT2D eigenvalue weighted by atomic mass is 10.3. The first-order valence-electron chi connectivity index (χ1n) is 3.89. The van der Waals surface area contributed by atoms with Crippen LogP contribution in [0, 0.1) is 0 Å². The van der Waals surface area contributed by atoms with E-state index in [2.05, 4.69) is 15.0 Å². The molecule has 2 N–H and O–H groups in total. The number of rotatable bonds is 2. The van der Waals surface area contributed by atoms with E-state index >= 15 is 0 Å². The maximum atomic E-state index is 5.42. The Morgan fingerprint density at radius 2 is 2.00 bits per heavy atom. The van der Waals surface area contributed by atoms with Crippen LogP contribution in [-0.4, -0.2) is 19.5 Å². The minimum Gasteiger partial charge on any atom is -0.326 e. The molecule has 74 valence electrons. The van der Waals surface area contributed by atoms with Gasteiger partial charge in [0.05, 0.1) is 0 Å². The Hall–Kier alpha value is -1.46. The third-order valence-electron chi connectivity index (χ3n) is 1.66. The summed E-state index contributed by atoms with van der Waals surface area (Å²) in [7, 11) is 0. The minimum absolute atomic E-state index is 0. The van der Waals surface area contributed by atoms with Crippen LogP contribution in [0.4, 0.5) is 0 Å². The lowest BCUT2D eigenvalue weighted by molar-refractivity contribution is 0.901. The standard InChI is InChI=1S/C8H9N5.ClH/c9-3-7-4-11-8(12-5-7)13-2-1-10-6-13;/h1-2,4-6H,3,9H2;1H. The van der Waals surface area contributed by atoms with E-state index in [4.69, 9.17) is 5.73 Å². The van der Waals surface area contributed by atoms with Gasteiger partial charge in [-0.05, 0) is 0 Å². The number of imidazole rings is 1. The molecule has 0 unspecified atom stereocenters. The molecule has 0 aliphatic carbocycles.